The van der Waals surface area contributed by atoms with Gasteiger partial charge in [-0.1, -0.05) is 17.8 Å². The predicted molar refractivity (Wildman–Crippen MR) is 77.8 cm³/mol. The maximum Gasteiger partial charge on any atom is 0.310 e. The van der Waals surface area contributed by atoms with Crippen LogP contribution in [0.3, 0.4) is 0 Å². The summed E-state index contributed by atoms with van der Waals surface area (Å²) in [5.41, 5.74) is 0.969. The second-order valence-corrected chi connectivity index (χ2v) is 4.46. The van der Waals surface area contributed by atoms with Crippen LogP contribution in [0.5, 0.6) is 5.75 Å². The van der Waals surface area contributed by atoms with Crippen LogP contribution in [-0.2, 0) is 16.0 Å². The third-order valence-corrected chi connectivity index (χ3v) is 2.85. The van der Waals surface area contributed by atoms with E-state index in [-0.39, 0.29) is 18.1 Å². The molecule has 106 valence electrons. The number of benzene rings is 1. The number of phenols is 1. The number of hydrogen-bond donors (Lipinski definition) is 2. The molecule has 0 aliphatic rings. The van der Waals surface area contributed by atoms with E-state index in [2.05, 4.69) is 10.3 Å². The van der Waals surface area contributed by atoms with E-state index in [0.29, 0.717) is 23.0 Å². The lowest BCUT2D eigenvalue weighted by atomic mass is 10.1. The molecule has 0 saturated heterocycles. The van der Waals surface area contributed by atoms with Gasteiger partial charge in [-0.3, -0.25) is 10.1 Å². The van der Waals surface area contributed by atoms with Crippen LogP contribution in [0.25, 0.3) is 0 Å². The van der Waals surface area contributed by atoms with Crippen LogP contribution in [0.15, 0.2) is 23.2 Å². The van der Waals surface area contributed by atoms with Crippen molar-refractivity contribution in [3.05, 3.63) is 23.8 Å². The Morgan fingerprint density at radius 2 is 2.35 bits per heavy atom. The smallest absolute Gasteiger partial charge is 0.310 e. The molecule has 0 amide bonds. The van der Waals surface area contributed by atoms with Crippen LogP contribution in [0.4, 0.5) is 5.69 Å². The van der Waals surface area contributed by atoms with Gasteiger partial charge in [0.25, 0.3) is 0 Å². The fourth-order valence-electron chi connectivity index (χ4n) is 1.43. The zero-order valence-corrected chi connectivity index (χ0v) is 12.0. The molecule has 1 aromatic rings. The summed E-state index contributed by atoms with van der Waals surface area (Å²) in [6.45, 7) is 2.06. The molecular weight excluding hydrogens is 278 g/mol. The average Bonchev–Trinajstić information content (AvgIpc) is 2.42. The summed E-state index contributed by atoms with van der Waals surface area (Å²) in [5, 5.41) is 21.1. The van der Waals surface area contributed by atoms with E-state index in [9.17, 15) is 9.90 Å². The third kappa shape index (κ3) is 4.82. The van der Waals surface area contributed by atoms with Crippen LogP contribution >= 0.6 is 11.8 Å². The van der Waals surface area contributed by atoms with Crippen LogP contribution < -0.4 is 5.32 Å². The maximum absolute atomic E-state index is 11.4. The molecular formula is C13H15N3O3S. The number of carbonyl (C=O) groups excluding carboxylic acids is 1. The lowest BCUT2D eigenvalue weighted by molar-refractivity contribution is -0.142. The van der Waals surface area contributed by atoms with Gasteiger partial charge in [0.05, 0.1) is 13.0 Å². The van der Waals surface area contributed by atoms with Crippen LogP contribution in [0, 0.1) is 11.5 Å². The summed E-state index contributed by atoms with van der Waals surface area (Å²) < 4.78 is 4.86. The Morgan fingerprint density at radius 3 is 2.95 bits per heavy atom. The molecule has 0 aliphatic heterocycles. The van der Waals surface area contributed by atoms with Crippen molar-refractivity contribution in [2.24, 2.45) is 4.99 Å². The molecule has 0 spiro atoms. The van der Waals surface area contributed by atoms with Gasteiger partial charge in [0, 0.05) is 0 Å². The average molecular weight is 293 g/mol. The minimum atomic E-state index is -0.339. The van der Waals surface area contributed by atoms with Crippen molar-refractivity contribution in [3.8, 4) is 11.9 Å². The summed E-state index contributed by atoms with van der Waals surface area (Å²) >= 11 is 1.24. The number of nitrogens with one attached hydrogen (secondary N) is 1. The summed E-state index contributed by atoms with van der Waals surface area (Å²) in [4.78, 5) is 15.5. The molecule has 0 radical (unpaired) electrons. The largest absolute Gasteiger partial charge is 0.506 e. The Morgan fingerprint density at radius 1 is 1.60 bits per heavy atom. The first-order valence-corrected chi connectivity index (χ1v) is 7.08. The summed E-state index contributed by atoms with van der Waals surface area (Å²) in [5.74, 6) is -0.364. The minimum absolute atomic E-state index is 0.0242. The first-order valence-electron chi connectivity index (χ1n) is 5.86. The van der Waals surface area contributed by atoms with Crippen molar-refractivity contribution >= 4 is 28.6 Å². The van der Waals surface area contributed by atoms with E-state index in [1.165, 1.54) is 17.8 Å². The van der Waals surface area contributed by atoms with Gasteiger partial charge in [-0.05, 0) is 30.9 Å². The number of aliphatic imine (C=N–C) groups is 1. The number of esters is 1. The Hall–Kier alpha value is -2.20. The van der Waals surface area contributed by atoms with Crippen molar-refractivity contribution in [2.75, 3.05) is 12.9 Å². The Balaban J connectivity index is 2.97. The highest BCUT2D eigenvalue weighted by Gasteiger charge is 2.08. The highest BCUT2D eigenvalue weighted by molar-refractivity contribution is 8.13. The van der Waals surface area contributed by atoms with Gasteiger partial charge < -0.3 is 9.84 Å². The van der Waals surface area contributed by atoms with E-state index in [0.717, 1.165) is 0 Å². The van der Waals surface area contributed by atoms with E-state index in [4.69, 9.17) is 10.00 Å². The van der Waals surface area contributed by atoms with Crippen LogP contribution in [0.1, 0.15) is 12.5 Å². The number of nitrogens with zero attached hydrogens (tertiary/aromatic N) is 2. The van der Waals surface area contributed by atoms with Crippen molar-refractivity contribution in [1.29, 1.82) is 5.26 Å². The molecule has 1 rings (SSSR count). The number of carbonyl (C=O) groups is 1. The van der Waals surface area contributed by atoms with Crippen molar-refractivity contribution in [1.82, 2.24) is 5.32 Å². The molecule has 2 N–H and O–H groups in total. The van der Waals surface area contributed by atoms with Crippen LogP contribution in [-0.4, -0.2) is 29.1 Å². The van der Waals surface area contributed by atoms with Crippen LogP contribution in [0.2, 0.25) is 0 Å². The molecule has 0 fully saturated rings. The second-order valence-electron chi connectivity index (χ2n) is 3.66. The van der Waals surface area contributed by atoms with Crippen molar-refractivity contribution in [2.45, 2.75) is 13.3 Å². The number of phenolic OH excluding ortho intramolecular Hbond substituents is 1. The number of hydrogen-bond acceptors (Lipinski definition) is 6. The zero-order valence-electron chi connectivity index (χ0n) is 11.2. The topological polar surface area (TPSA) is 94.7 Å². The number of aromatic hydroxyl groups is 1. The predicted octanol–water partition coefficient (Wildman–Crippen LogP) is 1.92. The molecule has 0 bridgehead atoms. The normalized spacial score (nSPS) is 10.8. The molecule has 1 aromatic carbocycles. The number of thioether (sulfide) groups is 1. The van der Waals surface area contributed by atoms with Gasteiger partial charge >= 0.3 is 5.97 Å². The van der Waals surface area contributed by atoms with Crippen molar-refractivity contribution < 1.29 is 14.6 Å². The number of ether oxygens (including phenoxy) is 1. The van der Waals surface area contributed by atoms with Gasteiger partial charge in [-0.25, -0.2) is 4.99 Å². The lowest BCUT2D eigenvalue weighted by Gasteiger charge is -2.06. The van der Waals surface area contributed by atoms with Gasteiger partial charge in [0.1, 0.15) is 11.4 Å². The highest BCUT2D eigenvalue weighted by atomic mass is 32.2. The number of amidine groups is 1. The number of nitriles is 1. The molecule has 0 unspecified atom stereocenters. The van der Waals surface area contributed by atoms with E-state index in [1.807, 2.05) is 0 Å². The monoisotopic (exact) mass is 293 g/mol. The first-order chi connectivity index (χ1) is 9.60. The minimum Gasteiger partial charge on any atom is -0.506 e. The molecule has 0 atom stereocenters. The highest BCUT2D eigenvalue weighted by Crippen LogP contribution is 2.28. The van der Waals surface area contributed by atoms with Gasteiger partial charge in [-0.15, -0.1) is 0 Å². The molecule has 0 heterocycles. The first kappa shape index (κ1) is 15.9. The molecule has 7 heteroatoms. The SMILES string of the molecule is CCOC(=O)Cc1ccc(O)c(N=C(NC#N)SC)c1. The molecule has 0 aromatic heterocycles. The van der Waals surface area contributed by atoms with E-state index in [1.54, 1.807) is 31.5 Å². The molecule has 6 nitrogen and oxygen atoms in total. The third-order valence-electron chi connectivity index (χ3n) is 2.27. The summed E-state index contributed by atoms with van der Waals surface area (Å²) in [6, 6.07) is 4.67. The van der Waals surface area contributed by atoms with E-state index >= 15 is 0 Å². The fraction of sp³-hybridized carbons (Fsp3) is 0.308. The zero-order chi connectivity index (χ0) is 15.0. The fourth-order valence-corrected chi connectivity index (χ4v) is 1.77. The summed E-state index contributed by atoms with van der Waals surface area (Å²) in [7, 11) is 0. The van der Waals surface area contributed by atoms with E-state index < -0.39 is 0 Å². The second kappa shape index (κ2) is 8.07. The Bertz CT molecular complexity index is 552. The van der Waals surface area contributed by atoms with Gasteiger partial charge in [0.2, 0.25) is 0 Å². The lowest BCUT2D eigenvalue weighted by Crippen LogP contribution is -2.12. The number of rotatable bonds is 4. The van der Waals surface area contributed by atoms with Gasteiger partial charge in [-0.2, -0.15) is 5.26 Å². The molecule has 20 heavy (non-hydrogen) atoms. The Labute approximate surface area is 121 Å². The van der Waals surface area contributed by atoms with Crippen molar-refractivity contribution in [3.63, 3.8) is 0 Å². The quantitative estimate of drug-likeness (QED) is 0.289. The summed E-state index contributed by atoms with van der Waals surface area (Å²) in [6.07, 6.45) is 3.63. The molecule has 0 aliphatic carbocycles. The van der Waals surface area contributed by atoms with Gasteiger partial charge in [0.15, 0.2) is 11.4 Å². The maximum atomic E-state index is 11.4. The standard InChI is InChI=1S/C13H15N3O3S/c1-3-19-12(18)7-9-4-5-11(17)10(6-9)16-13(20-2)15-8-14/h4-6,17H,3,7H2,1-2H3,(H,15,16). The molecule has 0 saturated carbocycles. The Kier molecular flexibility index (Phi) is 6.40.